The highest BCUT2D eigenvalue weighted by Gasteiger charge is 2.36. The van der Waals surface area contributed by atoms with Gasteiger partial charge >= 0.3 is 0 Å². The van der Waals surface area contributed by atoms with Gasteiger partial charge in [0.05, 0.1) is 14.2 Å². The van der Waals surface area contributed by atoms with E-state index in [0.29, 0.717) is 18.0 Å². The topological polar surface area (TPSA) is 59.1 Å². The number of methoxy groups -OCH3 is 2. The van der Waals surface area contributed by atoms with Crippen molar-refractivity contribution in [1.29, 1.82) is 0 Å². The number of rotatable bonds is 6. The van der Waals surface area contributed by atoms with Crippen molar-refractivity contribution in [3.63, 3.8) is 0 Å². The SMILES string of the molecule is COc1ccc(OC)c(S(=O)(=O)N2CCCSCC2CN2CCCC2)c1. The summed E-state index contributed by atoms with van der Waals surface area (Å²) in [6, 6.07) is 4.94. The third kappa shape index (κ3) is 4.30. The van der Waals surface area contributed by atoms with Gasteiger partial charge in [0.25, 0.3) is 0 Å². The largest absolute Gasteiger partial charge is 0.497 e. The van der Waals surface area contributed by atoms with Crippen molar-refractivity contribution < 1.29 is 17.9 Å². The standard InChI is InChI=1S/C18H28N2O4S2/c1-23-16-6-7-17(24-2)18(12-16)26(21,22)20-10-5-11-25-14-15(20)13-19-8-3-4-9-19/h6-7,12,15H,3-5,8-11,13-14H2,1-2H3. The van der Waals surface area contributed by atoms with Gasteiger partial charge in [0.15, 0.2) is 0 Å². The molecule has 3 rings (SSSR count). The minimum absolute atomic E-state index is 0.0125. The number of sulfonamides is 1. The highest BCUT2D eigenvalue weighted by atomic mass is 32.2. The Bertz CT molecular complexity index is 705. The molecule has 1 aromatic carbocycles. The molecule has 1 unspecified atom stereocenters. The number of thioether (sulfide) groups is 1. The molecule has 6 nitrogen and oxygen atoms in total. The van der Waals surface area contributed by atoms with Crippen molar-refractivity contribution in [2.24, 2.45) is 0 Å². The third-order valence-corrected chi connectivity index (χ3v) is 8.18. The second-order valence-corrected chi connectivity index (χ2v) is 9.73. The Kier molecular flexibility index (Phi) is 6.71. The normalized spacial score (nSPS) is 22.9. The van der Waals surface area contributed by atoms with E-state index in [-0.39, 0.29) is 10.9 Å². The van der Waals surface area contributed by atoms with Gasteiger partial charge in [-0.15, -0.1) is 0 Å². The fourth-order valence-corrected chi connectivity index (χ4v) is 6.62. The zero-order chi connectivity index (χ0) is 18.6. The first kappa shape index (κ1) is 19.8. The summed E-state index contributed by atoms with van der Waals surface area (Å²) in [5.74, 6) is 2.71. The molecule has 0 aliphatic carbocycles. The molecular formula is C18H28N2O4S2. The molecule has 0 saturated carbocycles. The molecule has 1 aromatic rings. The van der Waals surface area contributed by atoms with Crippen LogP contribution in [0.2, 0.25) is 0 Å². The van der Waals surface area contributed by atoms with E-state index in [1.54, 1.807) is 22.5 Å². The fraction of sp³-hybridized carbons (Fsp3) is 0.667. The van der Waals surface area contributed by atoms with Gasteiger partial charge in [-0.05, 0) is 50.2 Å². The monoisotopic (exact) mass is 400 g/mol. The smallest absolute Gasteiger partial charge is 0.247 e. The van der Waals surface area contributed by atoms with E-state index in [2.05, 4.69) is 4.90 Å². The molecule has 26 heavy (non-hydrogen) atoms. The van der Waals surface area contributed by atoms with Gasteiger partial charge in [0.2, 0.25) is 10.0 Å². The summed E-state index contributed by atoms with van der Waals surface area (Å²) >= 11 is 1.85. The van der Waals surface area contributed by atoms with Crippen molar-refractivity contribution >= 4 is 21.8 Å². The molecule has 2 saturated heterocycles. The summed E-state index contributed by atoms with van der Waals surface area (Å²) in [7, 11) is -0.624. The van der Waals surface area contributed by atoms with E-state index in [1.165, 1.54) is 27.1 Å². The third-order valence-electron chi connectivity index (χ3n) is 5.01. The van der Waals surface area contributed by atoms with E-state index < -0.39 is 10.0 Å². The summed E-state index contributed by atoms with van der Waals surface area (Å²) in [5, 5.41) is 0. The van der Waals surface area contributed by atoms with Crippen LogP contribution < -0.4 is 9.47 Å². The molecule has 0 spiro atoms. The highest BCUT2D eigenvalue weighted by Crippen LogP contribution is 2.33. The van der Waals surface area contributed by atoms with Gasteiger partial charge in [-0.1, -0.05) is 0 Å². The van der Waals surface area contributed by atoms with Crippen molar-refractivity contribution in [2.45, 2.75) is 30.2 Å². The molecular weight excluding hydrogens is 372 g/mol. The van der Waals surface area contributed by atoms with Crippen LogP contribution in [0.15, 0.2) is 23.1 Å². The lowest BCUT2D eigenvalue weighted by atomic mass is 10.3. The molecule has 1 atom stereocenters. The molecule has 0 N–H and O–H groups in total. The van der Waals surface area contributed by atoms with E-state index >= 15 is 0 Å². The summed E-state index contributed by atoms with van der Waals surface area (Å²) in [6.07, 6.45) is 3.28. The fourth-order valence-electron chi connectivity index (χ4n) is 3.64. The Hall–Kier alpha value is -0.960. The quantitative estimate of drug-likeness (QED) is 0.730. The predicted molar refractivity (Wildman–Crippen MR) is 105 cm³/mol. The Labute approximate surface area is 160 Å². The Balaban J connectivity index is 1.93. The zero-order valence-electron chi connectivity index (χ0n) is 15.5. The number of likely N-dealkylation sites (tertiary alicyclic amines) is 1. The molecule has 2 fully saturated rings. The molecule has 0 aromatic heterocycles. The summed E-state index contributed by atoms with van der Waals surface area (Å²) in [4.78, 5) is 2.58. The van der Waals surface area contributed by atoms with E-state index in [4.69, 9.17) is 9.47 Å². The predicted octanol–water partition coefficient (Wildman–Crippen LogP) is 2.30. The van der Waals surface area contributed by atoms with Gasteiger partial charge in [0.1, 0.15) is 16.4 Å². The summed E-state index contributed by atoms with van der Waals surface area (Å²) in [5.41, 5.74) is 0. The van der Waals surface area contributed by atoms with Gasteiger partial charge in [-0.3, -0.25) is 0 Å². The number of hydrogen-bond acceptors (Lipinski definition) is 6. The summed E-state index contributed by atoms with van der Waals surface area (Å²) in [6.45, 7) is 3.49. The van der Waals surface area contributed by atoms with Crippen LogP contribution in [-0.4, -0.2) is 75.6 Å². The highest BCUT2D eigenvalue weighted by molar-refractivity contribution is 7.99. The molecule has 0 radical (unpaired) electrons. The van der Waals surface area contributed by atoms with Crippen molar-refractivity contribution in [3.8, 4) is 11.5 Å². The summed E-state index contributed by atoms with van der Waals surface area (Å²) < 4.78 is 39.4. The Morgan fingerprint density at radius 2 is 1.88 bits per heavy atom. The minimum Gasteiger partial charge on any atom is -0.497 e. The van der Waals surface area contributed by atoms with Crippen LogP contribution in [0.4, 0.5) is 0 Å². The van der Waals surface area contributed by atoms with E-state index in [0.717, 1.165) is 37.6 Å². The lowest BCUT2D eigenvalue weighted by molar-refractivity contribution is 0.243. The second kappa shape index (κ2) is 8.82. The van der Waals surface area contributed by atoms with Gasteiger partial charge in [-0.2, -0.15) is 16.1 Å². The first-order chi connectivity index (χ1) is 12.6. The second-order valence-electron chi connectivity index (χ2n) is 6.72. The average molecular weight is 401 g/mol. The molecule has 8 heteroatoms. The average Bonchev–Trinajstić information content (AvgIpc) is 3.04. The van der Waals surface area contributed by atoms with Crippen LogP contribution >= 0.6 is 11.8 Å². The van der Waals surface area contributed by atoms with Crippen LogP contribution in [0.1, 0.15) is 19.3 Å². The number of nitrogens with zero attached hydrogens (tertiary/aromatic N) is 2. The minimum atomic E-state index is -3.66. The first-order valence-corrected chi connectivity index (χ1v) is 11.7. The van der Waals surface area contributed by atoms with Gasteiger partial charge < -0.3 is 14.4 Å². The van der Waals surface area contributed by atoms with Crippen LogP contribution in [0.3, 0.4) is 0 Å². The lowest BCUT2D eigenvalue weighted by Crippen LogP contribution is -2.47. The number of ether oxygens (including phenoxy) is 2. The van der Waals surface area contributed by atoms with Crippen molar-refractivity contribution in [1.82, 2.24) is 9.21 Å². The Morgan fingerprint density at radius 1 is 1.12 bits per heavy atom. The van der Waals surface area contributed by atoms with E-state index in [9.17, 15) is 8.42 Å². The molecule has 2 aliphatic rings. The van der Waals surface area contributed by atoms with Crippen molar-refractivity contribution in [2.75, 3.05) is 51.9 Å². The zero-order valence-corrected chi connectivity index (χ0v) is 17.2. The Morgan fingerprint density at radius 3 is 2.58 bits per heavy atom. The molecule has 146 valence electrons. The van der Waals surface area contributed by atoms with Crippen molar-refractivity contribution in [3.05, 3.63) is 18.2 Å². The van der Waals surface area contributed by atoms with E-state index in [1.807, 2.05) is 11.8 Å². The molecule has 2 heterocycles. The molecule has 0 bridgehead atoms. The van der Waals surface area contributed by atoms with Crippen LogP contribution in [0.5, 0.6) is 11.5 Å². The lowest BCUT2D eigenvalue weighted by Gasteiger charge is -2.32. The van der Waals surface area contributed by atoms with Gasteiger partial charge in [-0.25, -0.2) is 8.42 Å². The molecule has 2 aliphatic heterocycles. The van der Waals surface area contributed by atoms with Crippen LogP contribution in [0, 0.1) is 0 Å². The molecule has 0 amide bonds. The number of benzene rings is 1. The van der Waals surface area contributed by atoms with Crippen LogP contribution in [0.25, 0.3) is 0 Å². The first-order valence-electron chi connectivity index (χ1n) is 9.10. The number of hydrogen-bond donors (Lipinski definition) is 0. The maximum atomic E-state index is 13.5. The van der Waals surface area contributed by atoms with Crippen LogP contribution in [-0.2, 0) is 10.0 Å². The maximum Gasteiger partial charge on any atom is 0.247 e. The van der Waals surface area contributed by atoms with Gasteiger partial charge in [0, 0.05) is 31.0 Å². The maximum absolute atomic E-state index is 13.5.